The first-order chi connectivity index (χ1) is 34.8. The van der Waals surface area contributed by atoms with Crippen LogP contribution in [0.25, 0.3) is 28.1 Å². The van der Waals surface area contributed by atoms with Crippen LogP contribution in [0.3, 0.4) is 0 Å². The highest BCUT2D eigenvalue weighted by atomic mass is 15.2. The molecule has 0 aliphatic heterocycles. The summed E-state index contributed by atoms with van der Waals surface area (Å²) in [6.45, 7) is 11.2. The molecule has 1 N–H and O–H groups in total. The third-order valence-corrected chi connectivity index (χ3v) is 12.3. The van der Waals surface area contributed by atoms with Gasteiger partial charge in [0.05, 0.1) is 11.4 Å². The van der Waals surface area contributed by atoms with E-state index in [1.807, 2.05) is 94.8 Å². The average molecular weight is 932 g/mol. The molecule has 8 rings (SSSR count). The van der Waals surface area contributed by atoms with E-state index in [2.05, 4.69) is 194 Å². The van der Waals surface area contributed by atoms with Crippen molar-refractivity contribution in [2.75, 3.05) is 7.05 Å². The molecule has 0 bridgehead atoms. The maximum Gasteiger partial charge on any atom is 0.154 e. The van der Waals surface area contributed by atoms with Crippen LogP contribution in [-0.4, -0.2) is 33.6 Å². The van der Waals surface area contributed by atoms with E-state index in [1.165, 1.54) is 46.2 Å². The summed E-state index contributed by atoms with van der Waals surface area (Å²) in [7, 11) is 2.04. The fraction of sp³-hybridized carbons (Fsp3) is 0.182. The molecule has 1 atom stereocenters. The van der Waals surface area contributed by atoms with Gasteiger partial charge in [-0.05, 0) is 111 Å². The van der Waals surface area contributed by atoms with Gasteiger partial charge in [0.2, 0.25) is 0 Å². The number of benzene rings is 5. The molecule has 358 valence electrons. The van der Waals surface area contributed by atoms with Gasteiger partial charge in [-0.1, -0.05) is 213 Å². The molecule has 2 aromatic heterocycles. The van der Waals surface area contributed by atoms with E-state index in [1.54, 1.807) is 0 Å². The van der Waals surface area contributed by atoms with E-state index in [0.717, 1.165) is 52.0 Å². The minimum Gasteiger partial charge on any atom is -0.355 e. The third-order valence-electron chi connectivity index (χ3n) is 12.3. The number of amidine groups is 2. The van der Waals surface area contributed by atoms with Gasteiger partial charge in [0.15, 0.2) is 5.84 Å². The summed E-state index contributed by atoms with van der Waals surface area (Å²) in [5.74, 6) is 1.02. The molecule has 0 amide bonds. The standard InChI is InChI=1S/C56H53N5.C6H8.C4H8/c1-5-6-7-15-28-46(37-43-22-11-8-12-23-43)42(3)54-50(41(2)49-31-21-36-58-39-49)32-19-33-51(54)53-35-20-34-52(59-53)47-29-18-30-48(38-47)56(60-55(57)45-26-16-10-17-27-45)61(4)40-44-24-13-9-14-25-44;1-2-4-6-5-3-1;1-3-4-2/h5-27,29-36,38-39,41,57H,28,37,40H2,1-4H3;1-4H,5-6H2;3-4H,1-2H3/b6-5-,15-7?,46-42-,57-55?,60-56?;;4-3-. The maximum absolute atomic E-state index is 8.99. The summed E-state index contributed by atoms with van der Waals surface area (Å²) in [6.07, 6.45) is 29.0. The second-order valence-electron chi connectivity index (χ2n) is 17.4. The van der Waals surface area contributed by atoms with Crippen LogP contribution >= 0.6 is 0 Å². The summed E-state index contributed by atoms with van der Waals surface area (Å²) in [5.41, 5.74) is 14.2. The van der Waals surface area contributed by atoms with Gasteiger partial charge in [-0.25, -0.2) is 9.98 Å². The molecule has 0 spiro atoms. The SMILES string of the molecule is C/C=C\C.C/C=C\C=CC/C(Cc1ccccc1)=C(\C)c1c(-c2cccc(-c3cccc(C(=NC(=N)c4ccccc4)N(C)Cc4ccccc4)c3)n2)cccc1C(C)c1cccnc1.C1=CCCC=C1. The summed E-state index contributed by atoms with van der Waals surface area (Å²) >= 11 is 0. The number of hydrogen-bond donors (Lipinski definition) is 1. The van der Waals surface area contributed by atoms with Crippen molar-refractivity contribution >= 4 is 17.2 Å². The molecule has 7 aromatic rings. The van der Waals surface area contributed by atoms with Gasteiger partial charge in [-0.2, -0.15) is 0 Å². The summed E-state index contributed by atoms with van der Waals surface area (Å²) in [5, 5.41) is 8.99. The Labute approximate surface area is 424 Å². The smallest absolute Gasteiger partial charge is 0.154 e. The lowest BCUT2D eigenvalue weighted by molar-refractivity contribution is 0.502. The molecule has 1 unspecified atom stereocenters. The van der Waals surface area contributed by atoms with E-state index in [0.29, 0.717) is 12.4 Å². The zero-order valence-electron chi connectivity index (χ0n) is 42.4. The first kappa shape index (κ1) is 52.4. The van der Waals surface area contributed by atoms with Crippen LogP contribution in [0.4, 0.5) is 0 Å². The third kappa shape index (κ3) is 15.8. The number of aliphatic imine (C=N–C) groups is 1. The largest absolute Gasteiger partial charge is 0.355 e. The molecule has 1 aliphatic rings. The molecule has 5 heteroatoms. The molecule has 5 nitrogen and oxygen atoms in total. The first-order valence-electron chi connectivity index (χ1n) is 24.8. The van der Waals surface area contributed by atoms with Crippen molar-refractivity contribution in [3.8, 4) is 22.5 Å². The Morgan fingerprint density at radius 3 is 1.94 bits per heavy atom. The van der Waals surface area contributed by atoms with E-state index in [4.69, 9.17) is 15.4 Å². The normalized spacial score (nSPS) is 13.0. The van der Waals surface area contributed by atoms with Crippen molar-refractivity contribution < 1.29 is 0 Å². The van der Waals surface area contributed by atoms with Gasteiger partial charge in [0.25, 0.3) is 0 Å². The van der Waals surface area contributed by atoms with Gasteiger partial charge in [0.1, 0.15) is 5.84 Å². The van der Waals surface area contributed by atoms with Crippen molar-refractivity contribution in [2.45, 2.75) is 72.8 Å². The predicted molar refractivity (Wildman–Crippen MR) is 304 cm³/mol. The topological polar surface area (TPSA) is 65.2 Å². The predicted octanol–water partition coefficient (Wildman–Crippen LogP) is 16.9. The van der Waals surface area contributed by atoms with Crippen LogP contribution in [0.2, 0.25) is 0 Å². The molecular weight excluding hydrogens is 863 g/mol. The van der Waals surface area contributed by atoms with Crippen LogP contribution < -0.4 is 0 Å². The summed E-state index contributed by atoms with van der Waals surface area (Å²) < 4.78 is 0. The number of aromatic nitrogens is 2. The molecule has 5 aromatic carbocycles. The van der Waals surface area contributed by atoms with Crippen molar-refractivity contribution in [3.05, 3.63) is 281 Å². The molecule has 71 heavy (non-hydrogen) atoms. The molecule has 0 saturated carbocycles. The lowest BCUT2D eigenvalue weighted by atomic mass is 9.82. The Bertz CT molecular complexity index is 2940. The first-order valence-corrected chi connectivity index (χ1v) is 24.8. The zero-order valence-corrected chi connectivity index (χ0v) is 42.4. The van der Waals surface area contributed by atoms with Gasteiger partial charge in [-0.3, -0.25) is 10.4 Å². The van der Waals surface area contributed by atoms with Crippen LogP contribution in [0.1, 0.15) is 98.7 Å². The van der Waals surface area contributed by atoms with Gasteiger partial charge in [-0.15, -0.1) is 0 Å². The van der Waals surface area contributed by atoms with E-state index >= 15 is 0 Å². The summed E-state index contributed by atoms with van der Waals surface area (Å²) in [6, 6.07) is 56.3. The van der Waals surface area contributed by atoms with Gasteiger partial charge in [0, 0.05) is 54.2 Å². The summed E-state index contributed by atoms with van der Waals surface area (Å²) in [4.78, 5) is 17.0. The highest BCUT2D eigenvalue weighted by molar-refractivity contribution is 6.10. The molecule has 0 fully saturated rings. The van der Waals surface area contributed by atoms with Crippen LogP contribution in [0.5, 0.6) is 0 Å². The number of nitrogens with zero attached hydrogens (tertiary/aromatic N) is 4. The highest BCUT2D eigenvalue weighted by Gasteiger charge is 2.22. The van der Waals surface area contributed by atoms with Crippen molar-refractivity contribution in [3.63, 3.8) is 0 Å². The van der Waals surface area contributed by atoms with Crippen LogP contribution in [0, 0.1) is 5.41 Å². The second-order valence-corrected chi connectivity index (χ2v) is 17.4. The molecule has 0 radical (unpaired) electrons. The lowest BCUT2D eigenvalue weighted by Gasteiger charge is -2.23. The highest BCUT2D eigenvalue weighted by Crippen LogP contribution is 2.40. The monoisotopic (exact) mass is 932 g/mol. The van der Waals surface area contributed by atoms with Crippen molar-refractivity contribution in [1.29, 1.82) is 5.41 Å². The maximum atomic E-state index is 8.99. The fourth-order valence-electron chi connectivity index (χ4n) is 8.33. The Morgan fingerprint density at radius 2 is 1.31 bits per heavy atom. The average Bonchev–Trinajstić information content (AvgIpc) is 3.44. The van der Waals surface area contributed by atoms with Gasteiger partial charge >= 0.3 is 0 Å². The zero-order chi connectivity index (χ0) is 50.0. The van der Waals surface area contributed by atoms with Crippen molar-refractivity contribution in [1.82, 2.24) is 14.9 Å². The van der Waals surface area contributed by atoms with E-state index in [9.17, 15) is 0 Å². The molecule has 0 saturated heterocycles. The Hall–Kier alpha value is -8.02. The fourth-order valence-corrected chi connectivity index (χ4v) is 8.33. The quantitative estimate of drug-likeness (QED) is 0.0511. The Morgan fingerprint density at radius 1 is 0.676 bits per heavy atom. The molecular formula is C66H69N5. The number of pyridine rings is 2. The van der Waals surface area contributed by atoms with E-state index < -0.39 is 0 Å². The number of hydrogen-bond acceptors (Lipinski definition) is 3. The second kappa shape index (κ2) is 28.5. The molecule has 2 heterocycles. The Kier molecular flexibility index (Phi) is 21.0. The van der Waals surface area contributed by atoms with Crippen molar-refractivity contribution in [2.24, 2.45) is 4.99 Å². The molecule has 1 aliphatic carbocycles. The van der Waals surface area contributed by atoms with E-state index in [-0.39, 0.29) is 11.8 Å². The van der Waals surface area contributed by atoms with Crippen LogP contribution in [-0.2, 0) is 13.0 Å². The lowest BCUT2D eigenvalue weighted by Crippen LogP contribution is -2.28. The van der Waals surface area contributed by atoms with Crippen LogP contribution in [0.15, 0.2) is 248 Å². The number of allylic oxidation sites excluding steroid dienone is 12. The number of nitrogens with one attached hydrogen (secondary N) is 1. The number of rotatable bonds is 14. The Balaban J connectivity index is 0.000000742. The van der Waals surface area contributed by atoms with Gasteiger partial charge < -0.3 is 4.90 Å². The minimum atomic E-state index is 0.0928. The minimum absolute atomic E-state index is 0.0928.